The van der Waals surface area contributed by atoms with Crippen molar-refractivity contribution in [3.63, 3.8) is 0 Å². The van der Waals surface area contributed by atoms with Crippen molar-refractivity contribution >= 4 is 39.6 Å². The summed E-state index contributed by atoms with van der Waals surface area (Å²) in [5, 5.41) is 11.5. The summed E-state index contributed by atoms with van der Waals surface area (Å²) in [4.78, 5) is 22.8. The van der Waals surface area contributed by atoms with E-state index < -0.39 is 5.97 Å². The largest absolute Gasteiger partial charge is 0.478 e. The van der Waals surface area contributed by atoms with E-state index in [2.05, 4.69) is 21.2 Å². The van der Waals surface area contributed by atoms with Crippen molar-refractivity contribution in [2.75, 3.05) is 5.32 Å². The minimum atomic E-state index is -1.04. The summed E-state index contributed by atoms with van der Waals surface area (Å²) in [5.74, 6) is -1.31. The summed E-state index contributed by atoms with van der Waals surface area (Å²) in [5.41, 5.74) is 1.69. The molecular weight excluding hydrogens is 334 g/mol. The third kappa shape index (κ3) is 4.03. The van der Waals surface area contributed by atoms with Crippen LogP contribution in [0.4, 0.5) is 5.69 Å². The fourth-order valence-electron chi connectivity index (χ4n) is 1.75. The van der Waals surface area contributed by atoms with Gasteiger partial charge in [0, 0.05) is 16.2 Å². The molecule has 0 bridgehead atoms. The number of hydrogen-bond acceptors (Lipinski definition) is 2. The van der Waals surface area contributed by atoms with E-state index in [0.29, 0.717) is 21.3 Å². The molecule has 5 heteroatoms. The van der Waals surface area contributed by atoms with Gasteiger partial charge < -0.3 is 10.4 Å². The molecule has 0 spiro atoms. The van der Waals surface area contributed by atoms with Gasteiger partial charge in [0.15, 0.2) is 0 Å². The van der Waals surface area contributed by atoms with Crippen LogP contribution in [0.1, 0.15) is 15.9 Å². The van der Waals surface area contributed by atoms with Gasteiger partial charge in [0.05, 0.1) is 5.56 Å². The van der Waals surface area contributed by atoms with E-state index in [0.717, 1.165) is 6.08 Å². The molecule has 0 aliphatic rings. The van der Waals surface area contributed by atoms with E-state index in [1.54, 1.807) is 42.5 Å². The predicted molar refractivity (Wildman–Crippen MR) is 85.2 cm³/mol. The number of carboxylic acid groups (broad SMARTS) is 1. The first kappa shape index (κ1) is 15.0. The first-order valence-electron chi connectivity index (χ1n) is 6.14. The van der Waals surface area contributed by atoms with E-state index in [1.807, 2.05) is 6.07 Å². The quantitative estimate of drug-likeness (QED) is 0.828. The van der Waals surface area contributed by atoms with Gasteiger partial charge in [0.2, 0.25) is 0 Å². The summed E-state index contributed by atoms with van der Waals surface area (Å²) >= 11 is 3.33. The zero-order chi connectivity index (χ0) is 15.2. The maximum atomic E-state index is 12.2. The number of hydrogen-bond donors (Lipinski definition) is 2. The van der Waals surface area contributed by atoms with E-state index in [4.69, 9.17) is 5.11 Å². The van der Waals surface area contributed by atoms with Gasteiger partial charge in [-0.1, -0.05) is 30.3 Å². The lowest BCUT2D eigenvalue weighted by Crippen LogP contribution is -2.13. The monoisotopic (exact) mass is 345 g/mol. The molecule has 0 aromatic heterocycles. The summed E-state index contributed by atoms with van der Waals surface area (Å²) in [6, 6.07) is 14.1. The normalized spacial score (nSPS) is 10.5. The van der Waals surface area contributed by atoms with E-state index >= 15 is 0 Å². The second kappa shape index (κ2) is 6.85. The van der Waals surface area contributed by atoms with Crippen molar-refractivity contribution in [2.24, 2.45) is 0 Å². The first-order valence-corrected chi connectivity index (χ1v) is 6.93. The van der Waals surface area contributed by atoms with Crippen LogP contribution in [0.15, 0.2) is 59.1 Å². The van der Waals surface area contributed by atoms with Gasteiger partial charge in [-0.2, -0.15) is 0 Å². The minimum Gasteiger partial charge on any atom is -0.478 e. The topological polar surface area (TPSA) is 66.4 Å². The first-order chi connectivity index (χ1) is 10.1. The number of carbonyl (C=O) groups excluding carboxylic acids is 1. The van der Waals surface area contributed by atoms with Crippen molar-refractivity contribution in [1.29, 1.82) is 0 Å². The fraction of sp³-hybridized carbons (Fsp3) is 0. The van der Waals surface area contributed by atoms with Crippen molar-refractivity contribution < 1.29 is 14.7 Å². The molecule has 21 heavy (non-hydrogen) atoms. The maximum Gasteiger partial charge on any atom is 0.328 e. The number of anilines is 1. The Kier molecular flexibility index (Phi) is 4.90. The van der Waals surface area contributed by atoms with Gasteiger partial charge in [-0.3, -0.25) is 4.79 Å². The summed E-state index contributed by atoms with van der Waals surface area (Å²) in [7, 11) is 0. The number of aliphatic carboxylic acids is 1. The van der Waals surface area contributed by atoms with E-state index in [1.165, 1.54) is 6.08 Å². The number of nitrogens with one attached hydrogen (secondary N) is 1. The maximum absolute atomic E-state index is 12.2. The number of amides is 1. The molecule has 0 fully saturated rings. The Bertz CT molecular complexity index is 710. The van der Waals surface area contributed by atoms with Crippen LogP contribution in [0, 0.1) is 0 Å². The third-order valence-electron chi connectivity index (χ3n) is 2.73. The van der Waals surface area contributed by atoms with Crippen LogP contribution in [-0.4, -0.2) is 17.0 Å². The van der Waals surface area contributed by atoms with Gasteiger partial charge in [-0.05, 0) is 45.8 Å². The second-order valence-corrected chi connectivity index (χ2v) is 5.05. The number of carboxylic acids is 1. The molecule has 0 saturated carbocycles. The van der Waals surface area contributed by atoms with Crippen LogP contribution in [-0.2, 0) is 4.79 Å². The number of halogens is 1. The summed E-state index contributed by atoms with van der Waals surface area (Å²) in [6.07, 6.45) is 2.47. The van der Waals surface area contributed by atoms with Gasteiger partial charge in [-0.25, -0.2) is 4.79 Å². The standard InChI is InChI=1S/C16H12BrNO3/c17-13-7-3-2-6-12(13)16(21)18-14-8-4-1-5-11(14)9-10-15(19)20/h1-10H,(H,18,21)(H,19,20). The molecule has 0 aliphatic heterocycles. The molecule has 2 aromatic carbocycles. The van der Waals surface area contributed by atoms with Crippen LogP contribution >= 0.6 is 15.9 Å². The molecule has 0 radical (unpaired) electrons. The average molecular weight is 346 g/mol. The smallest absolute Gasteiger partial charge is 0.328 e. The Labute approximate surface area is 130 Å². The second-order valence-electron chi connectivity index (χ2n) is 4.19. The van der Waals surface area contributed by atoms with Gasteiger partial charge in [0.1, 0.15) is 0 Å². The number of carbonyl (C=O) groups is 2. The zero-order valence-corrected chi connectivity index (χ0v) is 12.5. The lowest BCUT2D eigenvalue weighted by atomic mass is 10.1. The highest BCUT2D eigenvalue weighted by Gasteiger charge is 2.10. The van der Waals surface area contributed by atoms with Crippen LogP contribution in [0.25, 0.3) is 6.08 Å². The summed E-state index contributed by atoms with van der Waals surface area (Å²) < 4.78 is 0.695. The molecule has 0 saturated heterocycles. The van der Waals surface area contributed by atoms with Crippen molar-refractivity contribution in [3.8, 4) is 0 Å². The molecule has 0 heterocycles. The molecule has 1 amide bonds. The Morgan fingerprint density at radius 1 is 1.05 bits per heavy atom. The molecule has 2 N–H and O–H groups in total. The van der Waals surface area contributed by atoms with Crippen molar-refractivity contribution in [1.82, 2.24) is 0 Å². The zero-order valence-electron chi connectivity index (χ0n) is 10.9. The predicted octanol–water partition coefficient (Wildman–Crippen LogP) is 3.80. The summed E-state index contributed by atoms with van der Waals surface area (Å²) in [6.45, 7) is 0. The van der Waals surface area contributed by atoms with E-state index in [9.17, 15) is 9.59 Å². The lowest BCUT2D eigenvalue weighted by molar-refractivity contribution is -0.131. The van der Waals surface area contributed by atoms with Crippen LogP contribution < -0.4 is 5.32 Å². The fourth-order valence-corrected chi connectivity index (χ4v) is 2.22. The Morgan fingerprint density at radius 2 is 1.71 bits per heavy atom. The highest BCUT2D eigenvalue weighted by atomic mass is 79.9. The molecule has 0 aliphatic carbocycles. The van der Waals surface area contributed by atoms with Crippen LogP contribution in [0.3, 0.4) is 0 Å². The SMILES string of the molecule is O=C(O)C=Cc1ccccc1NC(=O)c1ccccc1Br. The number of benzene rings is 2. The highest BCUT2D eigenvalue weighted by molar-refractivity contribution is 9.10. The van der Waals surface area contributed by atoms with Gasteiger partial charge in [0.25, 0.3) is 5.91 Å². The molecule has 0 unspecified atom stereocenters. The van der Waals surface area contributed by atoms with Crippen LogP contribution in [0.2, 0.25) is 0 Å². The van der Waals surface area contributed by atoms with Crippen LogP contribution in [0.5, 0.6) is 0 Å². The van der Waals surface area contributed by atoms with Crippen molar-refractivity contribution in [3.05, 3.63) is 70.2 Å². The molecule has 4 nitrogen and oxygen atoms in total. The lowest BCUT2D eigenvalue weighted by Gasteiger charge is -2.09. The van der Waals surface area contributed by atoms with Gasteiger partial charge in [-0.15, -0.1) is 0 Å². The number of rotatable bonds is 4. The van der Waals surface area contributed by atoms with E-state index in [-0.39, 0.29) is 5.91 Å². The molecule has 106 valence electrons. The Hall–Kier alpha value is -2.40. The Balaban J connectivity index is 2.26. The van der Waals surface area contributed by atoms with Gasteiger partial charge >= 0.3 is 5.97 Å². The molecular formula is C16H12BrNO3. The highest BCUT2D eigenvalue weighted by Crippen LogP contribution is 2.21. The molecule has 2 aromatic rings. The molecule has 0 atom stereocenters. The van der Waals surface area contributed by atoms with Crippen molar-refractivity contribution in [2.45, 2.75) is 0 Å². The average Bonchev–Trinajstić information content (AvgIpc) is 2.46. The Morgan fingerprint density at radius 3 is 2.43 bits per heavy atom. The minimum absolute atomic E-state index is 0.265. The third-order valence-corrected chi connectivity index (χ3v) is 3.42. The molecule has 2 rings (SSSR count). The number of para-hydroxylation sites is 1.